The Morgan fingerprint density at radius 1 is 1.36 bits per heavy atom. The van der Waals surface area contributed by atoms with Crippen LogP contribution in [0, 0.1) is 0 Å². The lowest BCUT2D eigenvalue weighted by atomic mass is 10.1. The molecule has 12 heteroatoms. The zero-order valence-electron chi connectivity index (χ0n) is 16.2. The molecule has 11 nitrogen and oxygen atoms in total. The zero-order valence-corrected chi connectivity index (χ0v) is 17.1. The third-order valence-corrected chi connectivity index (χ3v) is 6.34. The number of hydrogen-bond donors (Lipinski definition) is 3. The molecule has 0 aliphatic carbocycles. The van der Waals surface area contributed by atoms with Crippen LogP contribution in [0.1, 0.15) is 33.9 Å². The van der Waals surface area contributed by atoms with Crippen molar-refractivity contribution < 1.29 is 28.6 Å². The van der Waals surface area contributed by atoms with Gasteiger partial charge in [-0.15, -0.1) is 0 Å². The van der Waals surface area contributed by atoms with Crippen LogP contribution in [0.25, 0.3) is 11.0 Å². The number of aliphatic hydroxyl groups excluding tert-OH is 1. The van der Waals surface area contributed by atoms with Crippen LogP contribution in [0.3, 0.4) is 0 Å². The first kappa shape index (κ1) is 21.1. The molecule has 0 bridgehead atoms. The molecule has 4 N–H and O–H groups in total. The van der Waals surface area contributed by atoms with E-state index in [2.05, 4.69) is 15.1 Å². The summed E-state index contributed by atoms with van der Waals surface area (Å²) in [6.07, 6.45) is -1.47. The second kappa shape index (κ2) is 8.02. The summed E-state index contributed by atoms with van der Waals surface area (Å²) in [6, 6.07) is 0. The minimum absolute atomic E-state index is 0.0737. The maximum atomic E-state index is 12.4. The van der Waals surface area contributed by atoms with Gasteiger partial charge in [0.05, 0.1) is 30.0 Å². The summed E-state index contributed by atoms with van der Waals surface area (Å²) in [5.41, 5.74) is 5.57. The average molecular weight is 415 g/mol. The molecule has 3 rings (SSSR count). The van der Waals surface area contributed by atoms with Crippen LogP contribution in [0.5, 0.6) is 0 Å². The lowest BCUT2D eigenvalue weighted by molar-refractivity contribution is -0.0778. The molecule has 0 aromatic carbocycles. The summed E-state index contributed by atoms with van der Waals surface area (Å²) < 4.78 is 30.7. The number of rotatable bonds is 7. The van der Waals surface area contributed by atoms with Crippen LogP contribution in [-0.4, -0.2) is 66.4 Å². The lowest BCUT2D eigenvalue weighted by Crippen LogP contribution is -2.37. The smallest absolute Gasteiger partial charge is 0.331 e. The number of anilines is 1. The van der Waals surface area contributed by atoms with E-state index in [1.54, 1.807) is 13.8 Å². The van der Waals surface area contributed by atoms with E-state index in [9.17, 15) is 14.6 Å². The highest BCUT2D eigenvalue weighted by Crippen LogP contribution is 2.51. The van der Waals surface area contributed by atoms with Gasteiger partial charge in [0.2, 0.25) is 0 Å². The van der Waals surface area contributed by atoms with Crippen LogP contribution in [0.2, 0.25) is 0 Å². The molecule has 2 aromatic rings. The number of ether oxygens (including phenoxy) is 2. The van der Waals surface area contributed by atoms with Crippen molar-refractivity contribution in [2.24, 2.45) is 0 Å². The molecule has 5 atom stereocenters. The lowest BCUT2D eigenvalue weighted by Gasteiger charge is -2.25. The van der Waals surface area contributed by atoms with Gasteiger partial charge in [0, 0.05) is 0 Å². The van der Waals surface area contributed by atoms with Gasteiger partial charge < -0.3 is 25.2 Å². The highest BCUT2D eigenvalue weighted by Gasteiger charge is 2.49. The molecule has 0 saturated carbocycles. The highest BCUT2D eigenvalue weighted by atomic mass is 31.2. The molecule has 1 unspecified atom stereocenters. The Morgan fingerprint density at radius 2 is 2.07 bits per heavy atom. The van der Waals surface area contributed by atoms with Gasteiger partial charge in [0.1, 0.15) is 30.5 Å². The summed E-state index contributed by atoms with van der Waals surface area (Å²) in [5.74, 6) is 0.246. The van der Waals surface area contributed by atoms with Crippen molar-refractivity contribution in [2.45, 2.75) is 64.0 Å². The van der Waals surface area contributed by atoms with E-state index in [1.807, 2.05) is 13.8 Å². The molecule has 1 saturated heterocycles. The average Bonchev–Trinajstić information content (AvgIpc) is 3.16. The second-order valence-electron chi connectivity index (χ2n) is 7.25. The first-order valence-electron chi connectivity index (χ1n) is 9.01. The van der Waals surface area contributed by atoms with Gasteiger partial charge in [-0.25, -0.2) is 14.6 Å². The van der Waals surface area contributed by atoms with Crippen molar-refractivity contribution >= 4 is 24.4 Å². The van der Waals surface area contributed by atoms with E-state index in [1.165, 1.54) is 17.2 Å². The number of nitrogens with two attached hydrogens (primary N) is 1. The molecular formula is C16H26N5O6P. The number of aromatic nitrogens is 4. The third kappa shape index (κ3) is 4.05. The molecule has 1 aliphatic heterocycles. The molecule has 0 amide bonds. The fourth-order valence-electron chi connectivity index (χ4n) is 2.84. The quantitative estimate of drug-likeness (QED) is 0.559. The Hall–Kier alpha value is -1.62. The first-order valence-corrected chi connectivity index (χ1v) is 10.7. The fraction of sp³-hybridized carbons (Fsp3) is 0.688. The number of nitrogens with zero attached hydrogens (tertiary/aromatic N) is 4. The maximum Gasteiger partial charge on any atom is 0.331 e. The minimum Gasteiger partial charge on any atom is -0.385 e. The Morgan fingerprint density at radius 3 is 2.71 bits per heavy atom. The number of hydrogen-bond acceptors (Lipinski definition) is 9. The van der Waals surface area contributed by atoms with Crippen LogP contribution >= 0.6 is 7.60 Å². The Kier molecular flexibility index (Phi) is 6.04. The van der Waals surface area contributed by atoms with Gasteiger partial charge in [-0.3, -0.25) is 9.09 Å². The summed E-state index contributed by atoms with van der Waals surface area (Å²) in [5, 5.41) is 15.6. The van der Waals surface area contributed by atoms with Gasteiger partial charge in [0.25, 0.3) is 0 Å². The zero-order chi connectivity index (χ0) is 20.6. The normalized spacial score (nSPS) is 27.7. The Bertz CT molecular complexity index is 874. The van der Waals surface area contributed by atoms with E-state index in [0.717, 1.165) is 0 Å². The summed E-state index contributed by atoms with van der Waals surface area (Å²) in [7, 11) is -3.97. The maximum absolute atomic E-state index is 12.4. The van der Waals surface area contributed by atoms with E-state index in [-0.39, 0.29) is 18.5 Å². The molecule has 156 valence electrons. The van der Waals surface area contributed by atoms with Crippen LogP contribution in [0.15, 0.2) is 12.5 Å². The Labute approximate surface area is 162 Å². The molecule has 3 heterocycles. The molecule has 1 fully saturated rings. The summed E-state index contributed by atoms with van der Waals surface area (Å²) >= 11 is 0. The third-order valence-electron chi connectivity index (χ3n) is 4.49. The van der Waals surface area contributed by atoms with Gasteiger partial charge in [0.15, 0.2) is 11.9 Å². The Balaban J connectivity index is 1.92. The van der Waals surface area contributed by atoms with E-state index in [0.29, 0.717) is 11.0 Å². The monoisotopic (exact) mass is 415 g/mol. The molecule has 28 heavy (non-hydrogen) atoms. The topological polar surface area (TPSA) is 155 Å². The molecule has 1 aliphatic rings. The van der Waals surface area contributed by atoms with Crippen LogP contribution in [0.4, 0.5) is 5.82 Å². The van der Waals surface area contributed by atoms with Gasteiger partial charge in [-0.1, -0.05) is 13.8 Å². The number of aliphatic hydroxyl groups is 1. The minimum atomic E-state index is -3.97. The predicted molar refractivity (Wildman–Crippen MR) is 101 cm³/mol. The van der Waals surface area contributed by atoms with Gasteiger partial charge in [-0.2, -0.15) is 5.10 Å². The van der Waals surface area contributed by atoms with Crippen molar-refractivity contribution in [2.75, 3.05) is 12.3 Å². The molecular weight excluding hydrogens is 389 g/mol. The predicted octanol–water partition coefficient (Wildman–Crippen LogP) is 1.07. The van der Waals surface area contributed by atoms with Crippen molar-refractivity contribution in [3.8, 4) is 0 Å². The van der Waals surface area contributed by atoms with E-state index in [4.69, 9.17) is 19.7 Å². The summed E-state index contributed by atoms with van der Waals surface area (Å²) in [4.78, 5) is 18.2. The second-order valence-corrected chi connectivity index (χ2v) is 9.62. The van der Waals surface area contributed by atoms with Crippen molar-refractivity contribution in [3.05, 3.63) is 12.5 Å². The molecule has 0 radical (unpaired) electrons. The van der Waals surface area contributed by atoms with Crippen molar-refractivity contribution in [3.63, 3.8) is 0 Å². The standard InChI is InChI=1S/C16H26N5O6P/c1-8(2)25-6-11-13(27-28(23,24)9(3)4)12(22)16(26-11)21-15-10(5-20-21)14(17)18-7-19-15/h5,7-9,11-13,16,22H,6H2,1-4H3,(H,23,24)(H2,17,18,19)/t11-,12-,13-,16-/m1/s1. The SMILES string of the molecule is CC(C)OC[C@H]1O[C@@H](n2ncc3c(N)ncnc32)[C@H](O)[C@@H]1OP(=O)(O)C(C)C. The number of nitrogen functional groups attached to an aromatic ring is 1. The van der Waals surface area contributed by atoms with Gasteiger partial charge in [-0.05, 0) is 13.8 Å². The van der Waals surface area contributed by atoms with E-state index >= 15 is 0 Å². The molecule has 2 aromatic heterocycles. The highest BCUT2D eigenvalue weighted by molar-refractivity contribution is 7.53. The number of fused-ring (bicyclic) bond motifs is 1. The molecule has 0 spiro atoms. The largest absolute Gasteiger partial charge is 0.385 e. The van der Waals surface area contributed by atoms with Crippen LogP contribution < -0.4 is 5.73 Å². The van der Waals surface area contributed by atoms with Crippen LogP contribution in [-0.2, 0) is 18.6 Å². The van der Waals surface area contributed by atoms with Gasteiger partial charge >= 0.3 is 7.60 Å². The fourth-order valence-corrected chi connectivity index (χ4v) is 3.69. The van der Waals surface area contributed by atoms with E-state index < -0.39 is 37.8 Å². The van der Waals surface area contributed by atoms with Crippen molar-refractivity contribution in [1.82, 2.24) is 19.7 Å². The summed E-state index contributed by atoms with van der Waals surface area (Å²) in [6.45, 7) is 6.92. The van der Waals surface area contributed by atoms with Crippen molar-refractivity contribution in [1.29, 1.82) is 0 Å². The first-order chi connectivity index (χ1) is 13.1.